The van der Waals surface area contributed by atoms with Crippen molar-refractivity contribution >= 4 is 23.9 Å². The number of carboxylic acids is 1. The normalized spacial score (nSPS) is 10.4. The third-order valence-electron chi connectivity index (χ3n) is 2.32. The highest BCUT2D eigenvalue weighted by Gasteiger charge is 2.06. The van der Waals surface area contributed by atoms with Crippen LogP contribution in [-0.4, -0.2) is 34.4 Å². The van der Waals surface area contributed by atoms with Crippen LogP contribution in [0.1, 0.15) is 28.9 Å². The molecule has 1 heterocycles. The van der Waals surface area contributed by atoms with Crippen molar-refractivity contribution in [3.8, 4) is 0 Å². The SMILES string of the molecule is NC(=O)CCCNC(=O)c1ccc(C=CC(=O)O)cn1. The van der Waals surface area contributed by atoms with E-state index < -0.39 is 11.9 Å². The Hall–Kier alpha value is -2.70. The molecule has 0 atom stereocenters. The van der Waals surface area contributed by atoms with Crippen LogP contribution in [0.5, 0.6) is 0 Å². The van der Waals surface area contributed by atoms with Gasteiger partial charge >= 0.3 is 5.97 Å². The maximum absolute atomic E-state index is 11.7. The van der Waals surface area contributed by atoms with Gasteiger partial charge in [-0.05, 0) is 24.1 Å². The molecule has 0 fully saturated rings. The van der Waals surface area contributed by atoms with E-state index in [9.17, 15) is 14.4 Å². The average molecular weight is 277 g/mol. The molecule has 0 bridgehead atoms. The first-order chi connectivity index (χ1) is 9.49. The molecule has 7 heteroatoms. The number of hydrogen-bond acceptors (Lipinski definition) is 4. The minimum absolute atomic E-state index is 0.215. The average Bonchev–Trinajstić information content (AvgIpc) is 2.41. The van der Waals surface area contributed by atoms with Gasteiger partial charge in [0.1, 0.15) is 5.69 Å². The van der Waals surface area contributed by atoms with E-state index >= 15 is 0 Å². The number of primary amides is 1. The Kier molecular flexibility index (Phi) is 5.89. The molecule has 0 radical (unpaired) electrons. The summed E-state index contributed by atoms with van der Waals surface area (Å²) < 4.78 is 0. The highest BCUT2D eigenvalue weighted by molar-refractivity contribution is 5.92. The summed E-state index contributed by atoms with van der Waals surface area (Å²) in [4.78, 5) is 36.4. The van der Waals surface area contributed by atoms with Crippen LogP contribution in [-0.2, 0) is 9.59 Å². The molecule has 0 saturated heterocycles. The van der Waals surface area contributed by atoms with E-state index in [0.717, 1.165) is 6.08 Å². The van der Waals surface area contributed by atoms with Gasteiger partial charge in [0, 0.05) is 25.2 Å². The zero-order valence-corrected chi connectivity index (χ0v) is 10.7. The highest BCUT2D eigenvalue weighted by atomic mass is 16.4. The number of aliphatic carboxylic acids is 1. The molecule has 7 nitrogen and oxygen atoms in total. The van der Waals surface area contributed by atoms with E-state index in [1.54, 1.807) is 6.07 Å². The fourth-order valence-electron chi connectivity index (χ4n) is 1.36. The molecule has 0 saturated carbocycles. The van der Waals surface area contributed by atoms with Crippen LogP contribution in [0, 0.1) is 0 Å². The Morgan fingerprint density at radius 3 is 2.65 bits per heavy atom. The number of rotatable bonds is 7. The summed E-state index contributed by atoms with van der Waals surface area (Å²) in [7, 11) is 0. The van der Waals surface area contributed by atoms with Crippen molar-refractivity contribution in [2.75, 3.05) is 6.54 Å². The molecule has 4 N–H and O–H groups in total. The van der Waals surface area contributed by atoms with Crippen LogP contribution in [0.2, 0.25) is 0 Å². The second kappa shape index (κ2) is 7.67. The number of hydrogen-bond donors (Lipinski definition) is 3. The summed E-state index contributed by atoms with van der Waals surface area (Å²) in [6, 6.07) is 3.08. The Balaban J connectivity index is 2.49. The van der Waals surface area contributed by atoms with Gasteiger partial charge in [-0.15, -0.1) is 0 Å². The van der Waals surface area contributed by atoms with E-state index in [2.05, 4.69) is 10.3 Å². The lowest BCUT2D eigenvalue weighted by Crippen LogP contribution is -2.26. The minimum atomic E-state index is -1.05. The molecule has 0 aromatic carbocycles. The molecule has 0 aliphatic heterocycles. The first kappa shape index (κ1) is 15.4. The van der Waals surface area contributed by atoms with E-state index in [0.29, 0.717) is 18.5 Å². The number of carbonyl (C=O) groups excluding carboxylic acids is 2. The van der Waals surface area contributed by atoms with Gasteiger partial charge in [-0.1, -0.05) is 6.07 Å². The maximum Gasteiger partial charge on any atom is 0.328 e. The molecule has 1 rings (SSSR count). The van der Waals surface area contributed by atoms with Gasteiger partial charge in [0.15, 0.2) is 0 Å². The fraction of sp³-hybridized carbons (Fsp3) is 0.231. The predicted octanol–water partition coefficient (Wildman–Crippen LogP) is 0.175. The molecule has 1 aromatic heterocycles. The van der Waals surface area contributed by atoms with Gasteiger partial charge < -0.3 is 16.2 Å². The zero-order valence-electron chi connectivity index (χ0n) is 10.7. The molecule has 0 aliphatic rings. The fourth-order valence-corrected chi connectivity index (χ4v) is 1.36. The lowest BCUT2D eigenvalue weighted by Gasteiger charge is -2.03. The Morgan fingerprint density at radius 2 is 2.10 bits per heavy atom. The number of pyridine rings is 1. The Morgan fingerprint density at radius 1 is 1.35 bits per heavy atom. The highest BCUT2D eigenvalue weighted by Crippen LogP contribution is 2.02. The Bertz CT molecular complexity index is 523. The van der Waals surface area contributed by atoms with Crippen molar-refractivity contribution in [2.24, 2.45) is 5.73 Å². The molecule has 0 aliphatic carbocycles. The number of nitrogens with one attached hydrogen (secondary N) is 1. The first-order valence-electron chi connectivity index (χ1n) is 5.92. The summed E-state index contributed by atoms with van der Waals surface area (Å²) in [5.74, 6) is -1.82. The van der Waals surface area contributed by atoms with E-state index in [4.69, 9.17) is 10.8 Å². The molecule has 0 unspecified atom stereocenters. The van der Waals surface area contributed by atoms with Gasteiger partial charge in [0.2, 0.25) is 5.91 Å². The van der Waals surface area contributed by atoms with Crippen LogP contribution < -0.4 is 11.1 Å². The van der Waals surface area contributed by atoms with Gasteiger partial charge in [0.05, 0.1) is 0 Å². The number of carbonyl (C=O) groups is 3. The second-order valence-electron chi connectivity index (χ2n) is 3.97. The minimum Gasteiger partial charge on any atom is -0.478 e. The number of aromatic nitrogens is 1. The maximum atomic E-state index is 11.7. The van der Waals surface area contributed by atoms with Crippen LogP contribution >= 0.6 is 0 Å². The summed E-state index contributed by atoms with van der Waals surface area (Å²) in [5, 5.41) is 11.1. The van der Waals surface area contributed by atoms with Crippen LogP contribution in [0.4, 0.5) is 0 Å². The van der Waals surface area contributed by atoms with Crippen molar-refractivity contribution < 1.29 is 19.5 Å². The van der Waals surface area contributed by atoms with Gasteiger partial charge in [-0.3, -0.25) is 14.6 Å². The molecule has 1 aromatic rings. The molecule has 2 amide bonds. The van der Waals surface area contributed by atoms with Gasteiger partial charge in [0.25, 0.3) is 5.91 Å². The standard InChI is InChI=1S/C13H15N3O4/c14-11(17)2-1-7-15-13(20)10-5-3-9(8-16-10)4-6-12(18)19/h3-6,8H,1-2,7H2,(H2,14,17)(H,15,20)(H,18,19). The lowest BCUT2D eigenvalue weighted by atomic mass is 10.2. The molecule has 20 heavy (non-hydrogen) atoms. The third-order valence-corrected chi connectivity index (χ3v) is 2.32. The number of nitrogens with two attached hydrogens (primary N) is 1. The zero-order chi connectivity index (χ0) is 15.0. The first-order valence-corrected chi connectivity index (χ1v) is 5.92. The van der Waals surface area contributed by atoms with Crippen molar-refractivity contribution in [1.29, 1.82) is 0 Å². The monoisotopic (exact) mass is 277 g/mol. The quantitative estimate of drug-likeness (QED) is 0.484. The topological polar surface area (TPSA) is 122 Å². The Labute approximate surface area is 115 Å². The van der Waals surface area contributed by atoms with Gasteiger partial charge in [-0.25, -0.2) is 4.79 Å². The number of nitrogens with zero attached hydrogens (tertiary/aromatic N) is 1. The van der Waals surface area contributed by atoms with E-state index in [1.165, 1.54) is 18.3 Å². The van der Waals surface area contributed by atoms with Crippen molar-refractivity contribution in [1.82, 2.24) is 10.3 Å². The molecule has 106 valence electrons. The van der Waals surface area contributed by atoms with Crippen LogP contribution in [0.3, 0.4) is 0 Å². The molecule has 0 spiro atoms. The third kappa shape index (κ3) is 5.76. The van der Waals surface area contributed by atoms with E-state index in [1.807, 2.05) is 0 Å². The lowest BCUT2D eigenvalue weighted by molar-refractivity contribution is -0.131. The summed E-state index contributed by atoms with van der Waals surface area (Å²) in [6.07, 6.45) is 4.45. The summed E-state index contributed by atoms with van der Waals surface area (Å²) >= 11 is 0. The van der Waals surface area contributed by atoms with Crippen molar-refractivity contribution in [3.05, 3.63) is 35.7 Å². The van der Waals surface area contributed by atoms with Gasteiger partial charge in [-0.2, -0.15) is 0 Å². The smallest absolute Gasteiger partial charge is 0.328 e. The number of carboxylic acid groups (broad SMARTS) is 1. The van der Waals surface area contributed by atoms with E-state index in [-0.39, 0.29) is 18.0 Å². The van der Waals surface area contributed by atoms with Crippen LogP contribution in [0.25, 0.3) is 6.08 Å². The van der Waals surface area contributed by atoms with Crippen molar-refractivity contribution in [2.45, 2.75) is 12.8 Å². The predicted molar refractivity (Wildman–Crippen MR) is 71.7 cm³/mol. The largest absolute Gasteiger partial charge is 0.478 e. The molecular weight excluding hydrogens is 262 g/mol. The summed E-state index contributed by atoms with van der Waals surface area (Å²) in [6.45, 7) is 0.337. The number of amides is 2. The summed E-state index contributed by atoms with van der Waals surface area (Å²) in [5.41, 5.74) is 5.77. The second-order valence-corrected chi connectivity index (χ2v) is 3.97. The molecular formula is C13H15N3O4. The van der Waals surface area contributed by atoms with Crippen molar-refractivity contribution in [3.63, 3.8) is 0 Å². The van der Waals surface area contributed by atoms with Crippen LogP contribution in [0.15, 0.2) is 24.4 Å².